The van der Waals surface area contributed by atoms with Gasteiger partial charge in [0.2, 0.25) is 5.89 Å². The standard InChI is InChI=1S/C14H11N3O2/c15-10-7-5-9(6-8-10)13-16-17-14(19-13)11-3-1-2-4-12(11)18/h1-8,18H,15H2. The molecule has 0 saturated heterocycles. The fourth-order valence-electron chi connectivity index (χ4n) is 1.73. The molecule has 0 aliphatic carbocycles. The van der Waals surface area contributed by atoms with E-state index in [4.69, 9.17) is 10.2 Å². The molecule has 0 amide bonds. The third-order valence-corrected chi connectivity index (χ3v) is 2.72. The highest BCUT2D eigenvalue weighted by molar-refractivity contribution is 5.64. The zero-order valence-corrected chi connectivity index (χ0v) is 9.95. The second-order valence-corrected chi connectivity index (χ2v) is 4.05. The van der Waals surface area contributed by atoms with E-state index in [2.05, 4.69) is 10.2 Å². The van der Waals surface area contributed by atoms with Crippen LogP contribution in [-0.2, 0) is 0 Å². The lowest BCUT2D eigenvalue weighted by molar-refractivity contribution is 0.473. The molecule has 0 bridgehead atoms. The number of nitrogens with two attached hydrogens (primary N) is 1. The largest absolute Gasteiger partial charge is 0.507 e. The summed E-state index contributed by atoms with van der Waals surface area (Å²) in [4.78, 5) is 0. The maximum atomic E-state index is 9.74. The van der Waals surface area contributed by atoms with Gasteiger partial charge in [-0.3, -0.25) is 0 Å². The number of phenols is 1. The Labute approximate surface area is 109 Å². The van der Waals surface area contributed by atoms with Crippen LogP contribution in [0.2, 0.25) is 0 Å². The van der Waals surface area contributed by atoms with Crippen molar-refractivity contribution in [3.63, 3.8) is 0 Å². The molecule has 19 heavy (non-hydrogen) atoms. The Morgan fingerprint density at radius 3 is 2.32 bits per heavy atom. The van der Waals surface area contributed by atoms with Crippen LogP contribution in [0.5, 0.6) is 5.75 Å². The molecule has 0 aliphatic heterocycles. The van der Waals surface area contributed by atoms with Crippen LogP contribution < -0.4 is 5.73 Å². The van der Waals surface area contributed by atoms with Crippen molar-refractivity contribution in [3.05, 3.63) is 48.5 Å². The summed E-state index contributed by atoms with van der Waals surface area (Å²) in [6.07, 6.45) is 0. The minimum Gasteiger partial charge on any atom is -0.507 e. The van der Waals surface area contributed by atoms with E-state index in [0.717, 1.165) is 5.56 Å². The number of phenolic OH excluding ortho intramolecular Hbond substituents is 1. The molecule has 3 rings (SSSR count). The van der Waals surface area contributed by atoms with Crippen LogP contribution in [0.1, 0.15) is 0 Å². The van der Waals surface area contributed by atoms with Gasteiger partial charge < -0.3 is 15.3 Å². The summed E-state index contributed by atoms with van der Waals surface area (Å²) in [5, 5.41) is 17.6. The molecule has 2 aromatic carbocycles. The Hall–Kier alpha value is -2.82. The number of para-hydroxylation sites is 1. The Morgan fingerprint density at radius 2 is 1.58 bits per heavy atom. The van der Waals surface area contributed by atoms with Crippen molar-refractivity contribution < 1.29 is 9.52 Å². The number of rotatable bonds is 2. The summed E-state index contributed by atoms with van der Waals surface area (Å²) in [6, 6.07) is 13.9. The summed E-state index contributed by atoms with van der Waals surface area (Å²) >= 11 is 0. The lowest BCUT2D eigenvalue weighted by atomic mass is 10.2. The van der Waals surface area contributed by atoms with Gasteiger partial charge in [0.05, 0.1) is 5.56 Å². The average Bonchev–Trinajstić information content (AvgIpc) is 2.89. The summed E-state index contributed by atoms with van der Waals surface area (Å²) in [5.41, 5.74) is 7.58. The first-order chi connectivity index (χ1) is 9.24. The molecular formula is C14H11N3O2. The van der Waals surface area contributed by atoms with Gasteiger partial charge in [-0.25, -0.2) is 0 Å². The fraction of sp³-hybridized carbons (Fsp3) is 0. The average molecular weight is 253 g/mol. The van der Waals surface area contributed by atoms with Gasteiger partial charge in [-0.15, -0.1) is 10.2 Å². The molecule has 0 radical (unpaired) electrons. The maximum Gasteiger partial charge on any atom is 0.251 e. The molecule has 94 valence electrons. The maximum absolute atomic E-state index is 9.74. The molecule has 0 fully saturated rings. The lowest BCUT2D eigenvalue weighted by Gasteiger charge is -1.98. The second kappa shape index (κ2) is 4.45. The predicted octanol–water partition coefficient (Wildman–Crippen LogP) is 2.69. The molecule has 3 aromatic rings. The Morgan fingerprint density at radius 1 is 0.895 bits per heavy atom. The third-order valence-electron chi connectivity index (χ3n) is 2.72. The van der Waals surface area contributed by atoms with Gasteiger partial charge in [0.25, 0.3) is 5.89 Å². The highest BCUT2D eigenvalue weighted by Gasteiger charge is 2.12. The van der Waals surface area contributed by atoms with E-state index in [-0.39, 0.29) is 11.6 Å². The zero-order valence-electron chi connectivity index (χ0n) is 9.95. The molecule has 0 aliphatic rings. The van der Waals surface area contributed by atoms with Gasteiger partial charge in [0, 0.05) is 11.3 Å². The fourth-order valence-corrected chi connectivity index (χ4v) is 1.73. The van der Waals surface area contributed by atoms with Gasteiger partial charge in [0.1, 0.15) is 5.75 Å². The minimum absolute atomic E-state index is 0.106. The molecule has 0 saturated carbocycles. The van der Waals surface area contributed by atoms with Gasteiger partial charge in [-0.2, -0.15) is 0 Å². The highest BCUT2D eigenvalue weighted by Crippen LogP contribution is 2.29. The number of aromatic nitrogens is 2. The number of hydrogen-bond donors (Lipinski definition) is 2. The number of hydrogen-bond acceptors (Lipinski definition) is 5. The van der Waals surface area contributed by atoms with E-state index in [9.17, 15) is 5.11 Å². The molecule has 1 aromatic heterocycles. The van der Waals surface area contributed by atoms with Crippen LogP contribution in [0, 0.1) is 0 Å². The monoisotopic (exact) mass is 253 g/mol. The smallest absolute Gasteiger partial charge is 0.251 e. The number of aromatic hydroxyl groups is 1. The van der Waals surface area contributed by atoms with Crippen LogP contribution in [0.3, 0.4) is 0 Å². The molecule has 0 atom stereocenters. The van der Waals surface area contributed by atoms with Gasteiger partial charge >= 0.3 is 0 Å². The van der Waals surface area contributed by atoms with Crippen molar-refractivity contribution >= 4 is 5.69 Å². The number of nitrogens with zero attached hydrogens (tertiary/aromatic N) is 2. The first kappa shape index (κ1) is 11.3. The van der Waals surface area contributed by atoms with Crippen LogP contribution >= 0.6 is 0 Å². The Bertz CT molecular complexity index is 705. The van der Waals surface area contributed by atoms with Crippen molar-refractivity contribution in [3.8, 4) is 28.7 Å². The van der Waals surface area contributed by atoms with Crippen molar-refractivity contribution in [2.24, 2.45) is 0 Å². The predicted molar refractivity (Wildman–Crippen MR) is 71.2 cm³/mol. The number of nitrogen functional groups attached to an aromatic ring is 1. The summed E-state index contributed by atoms with van der Waals surface area (Å²) in [6.45, 7) is 0. The first-order valence-corrected chi connectivity index (χ1v) is 5.72. The van der Waals surface area contributed by atoms with Crippen molar-refractivity contribution in [2.45, 2.75) is 0 Å². The van der Waals surface area contributed by atoms with E-state index >= 15 is 0 Å². The molecule has 1 heterocycles. The van der Waals surface area contributed by atoms with Crippen LogP contribution in [-0.4, -0.2) is 15.3 Å². The second-order valence-electron chi connectivity index (χ2n) is 4.05. The van der Waals surface area contributed by atoms with E-state index in [1.807, 2.05) is 0 Å². The molecule has 0 spiro atoms. The van der Waals surface area contributed by atoms with E-state index in [0.29, 0.717) is 17.1 Å². The van der Waals surface area contributed by atoms with Crippen molar-refractivity contribution in [2.75, 3.05) is 5.73 Å². The van der Waals surface area contributed by atoms with Gasteiger partial charge in [-0.05, 0) is 36.4 Å². The summed E-state index contributed by atoms with van der Waals surface area (Å²) in [5.74, 6) is 0.776. The molecule has 5 heteroatoms. The van der Waals surface area contributed by atoms with Crippen molar-refractivity contribution in [1.29, 1.82) is 0 Å². The topological polar surface area (TPSA) is 85.2 Å². The SMILES string of the molecule is Nc1ccc(-c2nnc(-c3ccccc3O)o2)cc1. The highest BCUT2D eigenvalue weighted by atomic mass is 16.4. The number of benzene rings is 2. The van der Waals surface area contributed by atoms with E-state index in [1.54, 1.807) is 48.5 Å². The Kier molecular flexibility index (Phi) is 2.64. The number of anilines is 1. The van der Waals surface area contributed by atoms with Crippen LogP contribution in [0.4, 0.5) is 5.69 Å². The van der Waals surface area contributed by atoms with E-state index in [1.165, 1.54) is 0 Å². The summed E-state index contributed by atoms with van der Waals surface area (Å²) < 4.78 is 5.55. The molecule has 5 nitrogen and oxygen atoms in total. The first-order valence-electron chi connectivity index (χ1n) is 5.72. The normalized spacial score (nSPS) is 10.5. The third kappa shape index (κ3) is 2.13. The van der Waals surface area contributed by atoms with Crippen LogP contribution in [0.25, 0.3) is 22.9 Å². The van der Waals surface area contributed by atoms with Gasteiger partial charge in [-0.1, -0.05) is 12.1 Å². The summed E-state index contributed by atoms with van der Waals surface area (Å²) in [7, 11) is 0. The zero-order chi connectivity index (χ0) is 13.2. The molecule has 3 N–H and O–H groups in total. The quantitative estimate of drug-likeness (QED) is 0.686. The van der Waals surface area contributed by atoms with Gasteiger partial charge in [0.15, 0.2) is 0 Å². The minimum atomic E-state index is 0.106. The van der Waals surface area contributed by atoms with Crippen molar-refractivity contribution in [1.82, 2.24) is 10.2 Å². The molecular weight excluding hydrogens is 242 g/mol. The lowest BCUT2D eigenvalue weighted by Crippen LogP contribution is -1.83. The Balaban J connectivity index is 2.00. The van der Waals surface area contributed by atoms with E-state index < -0.39 is 0 Å². The van der Waals surface area contributed by atoms with Crippen LogP contribution in [0.15, 0.2) is 52.9 Å². The molecule has 0 unspecified atom stereocenters.